The lowest BCUT2D eigenvalue weighted by Crippen LogP contribution is -2.46. The van der Waals surface area contributed by atoms with Crippen LogP contribution in [0.5, 0.6) is 0 Å². The first-order valence-electron chi connectivity index (χ1n) is 6.19. The Hall–Kier alpha value is -1.36. The number of amides is 1. The summed E-state index contributed by atoms with van der Waals surface area (Å²) >= 11 is 1.58. The largest absolute Gasteiger partial charge is 0.480 e. The number of carboxylic acid groups (broad SMARTS) is 1. The molecule has 98 valence electrons. The smallest absolute Gasteiger partial charge is 0.322 e. The fourth-order valence-electron chi connectivity index (χ4n) is 2.62. The fraction of sp³-hybridized carbons (Fsp3) is 0.538. The Morgan fingerprint density at radius 1 is 1.33 bits per heavy atom. The van der Waals surface area contributed by atoms with Gasteiger partial charge in [0.1, 0.15) is 6.54 Å². The average Bonchev–Trinajstić information content (AvgIpc) is 2.91. The van der Waals surface area contributed by atoms with Crippen molar-refractivity contribution in [3.63, 3.8) is 0 Å². The van der Waals surface area contributed by atoms with Gasteiger partial charge in [0.15, 0.2) is 0 Å². The fourth-order valence-corrected chi connectivity index (χ4v) is 3.60. The second kappa shape index (κ2) is 5.52. The minimum absolute atomic E-state index is 0.132. The molecule has 1 saturated carbocycles. The molecule has 0 aromatic carbocycles. The summed E-state index contributed by atoms with van der Waals surface area (Å²) in [6.45, 7) is -0.300. The van der Waals surface area contributed by atoms with Gasteiger partial charge in [0.05, 0.1) is 5.41 Å². The zero-order valence-electron chi connectivity index (χ0n) is 10.1. The van der Waals surface area contributed by atoms with Crippen LogP contribution in [0.15, 0.2) is 17.5 Å². The van der Waals surface area contributed by atoms with Crippen LogP contribution in [0.25, 0.3) is 0 Å². The van der Waals surface area contributed by atoms with Crippen molar-refractivity contribution in [3.8, 4) is 0 Å². The molecule has 1 aliphatic carbocycles. The van der Waals surface area contributed by atoms with Crippen LogP contribution in [0, 0.1) is 0 Å². The first kappa shape index (κ1) is 13.1. The number of thiophene rings is 1. The predicted octanol–water partition coefficient (Wildman–Crippen LogP) is 2.15. The minimum atomic E-state index is -1.000. The van der Waals surface area contributed by atoms with Crippen molar-refractivity contribution in [3.05, 3.63) is 22.4 Å². The maximum Gasteiger partial charge on any atom is 0.322 e. The van der Waals surface area contributed by atoms with Gasteiger partial charge < -0.3 is 10.4 Å². The zero-order chi connectivity index (χ0) is 13.0. The molecule has 0 atom stereocenters. The molecule has 0 bridgehead atoms. The molecule has 1 aliphatic rings. The first-order chi connectivity index (χ1) is 8.65. The van der Waals surface area contributed by atoms with E-state index in [1.165, 1.54) is 0 Å². The van der Waals surface area contributed by atoms with Gasteiger partial charge in [0, 0.05) is 4.88 Å². The number of carbonyl (C=O) groups is 2. The third kappa shape index (κ3) is 2.56. The maximum atomic E-state index is 12.4. The van der Waals surface area contributed by atoms with Crippen molar-refractivity contribution in [1.29, 1.82) is 0 Å². The molecule has 18 heavy (non-hydrogen) atoms. The number of hydrogen-bond donors (Lipinski definition) is 2. The normalized spacial score (nSPS) is 18.2. The highest BCUT2D eigenvalue weighted by Crippen LogP contribution is 2.41. The molecule has 0 spiro atoms. The molecule has 5 heteroatoms. The molecule has 0 unspecified atom stereocenters. The van der Waals surface area contributed by atoms with Crippen LogP contribution in [0.3, 0.4) is 0 Å². The topological polar surface area (TPSA) is 66.4 Å². The molecule has 2 rings (SSSR count). The molecule has 0 aliphatic heterocycles. The summed E-state index contributed by atoms with van der Waals surface area (Å²) in [6, 6.07) is 3.93. The van der Waals surface area contributed by atoms with Crippen molar-refractivity contribution in [1.82, 2.24) is 5.32 Å². The second-order valence-electron chi connectivity index (χ2n) is 4.70. The molecular formula is C13H17NO3S. The number of rotatable bonds is 4. The lowest BCUT2D eigenvalue weighted by Gasteiger charge is -2.34. The summed E-state index contributed by atoms with van der Waals surface area (Å²) < 4.78 is 0. The second-order valence-corrected chi connectivity index (χ2v) is 5.64. The van der Waals surface area contributed by atoms with Crippen LogP contribution in [-0.4, -0.2) is 23.5 Å². The maximum absolute atomic E-state index is 12.4. The molecule has 1 aromatic heterocycles. The van der Waals surface area contributed by atoms with Gasteiger partial charge in [-0.1, -0.05) is 25.3 Å². The Morgan fingerprint density at radius 3 is 2.61 bits per heavy atom. The lowest BCUT2D eigenvalue weighted by molar-refractivity contribution is -0.139. The Kier molecular flexibility index (Phi) is 4.01. The highest BCUT2D eigenvalue weighted by molar-refractivity contribution is 7.10. The summed E-state index contributed by atoms with van der Waals surface area (Å²) in [7, 11) is 0. The summed E-state index contributed by atoms with van der Waals surface area (Å²) in [4.78, 5) is 24.0. The van der Waals surface area contributed by atoms with Gasteiger partial charge in [-0.25, -0.2) is 0 Å². The highest BCUT2D eigenvalue weighted by Gasteiger charge is 2.41. The molecular weight excluding hydrogens is 250 g/mol. The van der Waals surface area contributed by atoms with E-state index >= 15 is 0 Å². The monoisotopic (exact) mass is 267 g/mol. The van der Waals surface area contributed by atoms with E-state index in [0.29, 0.717) is 0 Å². The van der Waals surface area contributed by atoms with E-state index in [2.05, 4.69) is 5.32 Å². The summed E-state index contributed by atoms with van der Waals surface area (Å²) in [5, 5.41) is 13.2. The van der Waals surface area contributed by atoms with Gasteiger partial charge in [-0.15, -0.1) is 11.3 Å². The van der Waals surface area contributed by atoms with E-state index in [-0.39, 0.29) is 12.5 Å². The van der Waals surface area contributed by atoms with E-state index in [4.69, 9.17) is 5.11 Å². The van der Waals surface area contributed by atoms with Crippen molar-refractivity contribution in [2.45, 2.75) is 37.5 Å². The molecule has 0 saturated heterocycles. The van der Waals surface area contributed by atoms with Crippen LogP contribution in [0.2, 0.25) is 0 Å². The van der Waals surface area contributed by atoms with Crippen molar-refractivity contribution in [2.24, 2.45) is 0 Å². The average molecular weight is 267 g/mol. The molecule has 2 N–H and O–H groups in total. The van der Waals surface area contributed by atoms with Crippen molar-refractivity contribution in [2.75, 3.05) is 6.54 Å². The molecule has 1 fully saturated rings. The van der Waals surface area contributed by atoms with Gasteiger partial charge in [0.25, 0.3) is 0 Å². The number of carboxylic acids is 1. The lowest BCUT2D eigenvalue weighted by atomic mass is 9.72. The Bertz CT molecular complexity index is 421. The predicted molar refractivity (Wildman–Crippen MR) is 69.7 cm³/mol. The van der Waals surface area contributed by atoms with Crippen molar-refractivity contribution >= 4 is 23.2 Å². The van der Waals surface area contributed by atoms with Gasteiger partial charge in [-0.05, 0) is 24.3 Å². The van der Waals surface area contributed by atoms with E-state index in [1.54, 1.807) is 11.3 Å². The summed E-state index contributed by atoms with van der Waals surface area (Å²) in [5.74, 6) is -1.13. The summed E-state index contributed by atoms with van der Waals surface area (Å²) in [5.41, 5.74) is -0.498. The SMILES string of the molecule is O=C(O)CNC(=O)C1(c2cccs2)CCCCC1. The van der Waals surface area contributed by atoms with Gasteiger partial charge in [-0.2, -0.15) is 0 Å². The number of aliphatic carboxylic acids is 1. The number of carbonyl (C=O) groups excluding carboxylic acids is 1. The first-order valence-corrected chi connectivity index (χ1v) is 7.07. The van der Waals surface area contributed by atoms with Crippen LogP contribution in [0.4, 0.5) is 0 Å². The zero-order valence-corrected chi connectivity index (χ0v) is 11.0. The number of nitrogens with one attached hydrogen (secondary N) is 1. The third-order valence-electron chi connectivity index (χ3n) is 3.53. The summed E-state index contributed by atoms with van der Waals surface area (Å²) in [6.07, 6.45) is 4.84. The van der Waals surface area contributed by atoms with E-state index < -0.39 is 11.4 Å². The minimum Gasteiger partial charge on any atom is -0.480 e. The van der Waals surface area contributed by atoms with E-state index in [1.807, 2.05) is 17.5 Å². The molecule has 4 nitrogen and oxygen atoms in total. The Morgan fingerprint density at radius 2 is 2.06 bits per heavy atom. The van der Waals surface area contributed by atoms with Gasteiger partial charge in [-0.3, -0.25) is 9.59 Å². The molecule has 1 aromatic rings. The van der Waals surface area contributed by atoms with Crippen LogP contribution >= 0.6 is 11.3 Å². The molecule has 0 radical (unpaired) electrons. The van der Waals surface area contributed by atoms with Gasteiger partial charge >= 0.3 is 5.97 Å². The third-order valence-corrected chi connectivity index (χ3v) is 4.61. The van der Waals surface area contributed by atoms with E-state index in [9.17, 15) is 9.59 Å². The number of hydrogen-bond acceptors (Lipinski definition) is 3. The van der Waals surface area contributed by atoms with Gasteiger partial charge in [0.2, 0.25) is 5.91 Å². The van der Waals surface area contributed by atoms with E-state index in [0.717, 1.165) is 37.0 Å². The highest BCUT2D eigenvalue weighted by atomic mass is 32.1. The van der Waals surface area contributed by atoms with Crippen LogP contribution in [-0.2, 0) is 15.0 Å². The standard InChI is InChI=1S/C13H17NO3S/c15-11(16)9-14-12(17)13(6-2-1-3-7-13)10-5-4-8-18-10/h4-5,8H,1-3,6-7,9H2,(H,14,17)(H,15,16). The van der Waals surface area contributed by atoms with Crippen molar-refractivity contribution < 1.29 is 14.7 Å². The molecule has 1 amide bonds. The molecule has 1 heterocycles. The van der Waals surface area contributed by atoms with Crippen LogP contribution < -0.4 is 5.32 Å². The Labute approximate surface area is 110 Å². The quantitative estimate of drug-likeness (QED) is 0.878. The van der Waals surface area contributed by atoms with Crippen LogP contribution in [0.1, 0.15) is 37.0 Å². The Balaban J connectivity index is 2.19.